The van der Waals surface area contributed by atoms with Crippen LogP contribution in [0.2, 0.25) is 0 Å². The highest BCUT2D eigenvalue weighted by atomic mass is 32.2. The number of nitrogens with zero attached hydrogens (tertiary/aromatic N) is 1. The molecule has 21 heavy (non-hydrogen) atoms. The minimum absolute atomic E-state index is 0.0713. The summed E-state index contributed by atoms with van der Waals surface area (Å²) in [4.78, 5) is 20.3. The van der Waals surface area contributed by atoms with Gasteiger partial charge in [0.1, 0.15) is 5.82 Å². The molecule has 110 valence electrons. The second kappa shape index (κ2) is 6.45. The molecule has 1 heterocycles. The van der Waals surface area contributed by atoms with Crippen molar-refractivity contribution >= 4 is 11.8 Å². The number of thioether (sulfide) groups is 1. The maximum atomic E-state index is 11.7. The highest BCUT2D eigenvalue weighted by molar-refractivity contribution is 7.98. The van der Waals surface area contributed by atoms with Crippen molar-refractivity contribution in [3.05, 3.63) is 57.8 Å². The number of aromatic nitrogens is 2. The smallest absolute Gasteiger partial charge is 0.251 e. The molecule has 1 fully saturated rings. The van der Waals surface area contributed by atoms with Crippen molar-refractivity contribution in [2.45, 2.75) is 43.0 Å². The SMILES string of the molecule is Cc1ccccc1SCc1nc(CNC2CC2)cc(=O)[nH]1. The first kappa shape index (κ1) is 14.4. The topological polar surface area (TPSA) is 57.8 Å². The Hall–Kier alpha value is -1.59. The Morgan fingerprint density at radius 3 is 2.95 bits per heavy atom. The third-order valence-electron chi connectivity index (χ3n) is 3.45. The molecule has 0 unspecified atom stereocenters. The first-order valence-electron chi connectivity index (χ1n) is 7.21. The number of nitrogens with one attached hydrogen (secondary N) is 2. The number of hydrogen-bond donors (Lipinski definition) is 2. The summed E-state index contributed by atoms with van der Waals surface area (Å²) in [6.07, 6.45) is 2.47. The summed E-state index contributed by atoms with van der Waals surface area (Å²) in [7, 11) is 0. The molecule has 5 heteroatoms. The summed E-state index contributed by atoms with van der Waals surface area (Å²) < 4.78 is 0. The van der Waals surface area contributed by atoms with Crippen LogP contribution in [0.3, 0.4) is 0 Å². The van der Waals surface area contributed by atoms with Crippen LogP contribution in [0.1, 0.15) is 29.9 Å². The number of rotatable bonds is 6. The molecule has 0 spiro atoms. The zero-order valence-electron chi connectivity index (χ0n) is 12.1. The summed E-state index contributed by atoms with van der Waals surface area (Å²) in [6, 6.07) is 10.4. The molecular formula is C16H19N3OS. The molecule has 0 atom stereocenters. The first-order chi connectivity index (χ1) is 10.2. The molecule has 1 aliphatic carbocycles. The Morgan fingerprint density at radius 1 is 1.38 bits per heavy atom. The van der Waals surface area contributed by atoms with Gasteiger partial charge in [0, 0.05) is 23.5 Å². The van der Waals surface area contributed by atoms with Gasteiger partial charge in [-0.05, 0) is 31.4 Å². The van der Waals surface area contributed by atoms with E-state index < -0.39 is 0 Å². The van der Waals surface area contributed by atoms with Crippen LogP contribution in [-0.4, -0.2) is 16.0 Å². The Morgan fingerprint density at radius 2 is 2.19 bits per heavy atom. The Labute approximate surface area is 128 Å². The molecule has 1 aliphatic rings. The van der Waals surface area contributed by atoms with Crippen LogP contribution in [0.5, 0.6) is 0 Å². The highest BCUT2D eigenvalue weighted by Gasteiger charge is 2.20. The molecule has 0 bridgehead atoms. The number of aromatic amines is 1. The van der Waals surface area contributed by atoms with Crippen LogP contribution in [0.4, 0.5) is 0 Å². The maximum absolute atomic E-state index is 11.7. The maximum Gasteiger partial charge on any atom is 0.251 e. The van der Waals surface area contributed by atoms with E-state index in [2.05, 4.69) is 34.3 Å². The summed E-state index contributed by atoms with van der Waals surface area (Å²) in [6.45, 7) is 2.77. The van der Waals surface area contributed by atoms with E-state index >= 15 is 0 Å². The zero-order chi connectivity index (χ0) is 14.7. The van der Waals surface area contributed by atoms with Crippen LogP contribution < -0.4 is 10.9 Å². The predicted octanol–water partition coefficient (Wildman–Crippen LogP) is 2.62. The van der Waals surface area contributed by atoms with Crippen LogP contribution in [0.25, 0.3) is 0 Å². The summed E-state index contributed by atoms with van der Waals surface area (Å²) in [5.41, 5.74) is 2.00. The zero-order valence-corrected chi connectivity index (χ0v) is 12.9. The van der Waals surface area contributed by atoms with Crippen molar-refractivity contribution in [1.82, 2.24) is 15.3 Å². The van der Waals surface area contributed by atoms with Gasteiger partial charge in [-0.1, -0.05) is 18.2 Å². The van der Waals surface area contributed by atoms with Gasteiger partial charge in [0.05, 0.1) is 11.4 Å². The molecule has 1 saturated carbocycles. The van der Waals surface area contributed by atoms with E-state index in [1.807, 2.05) is 12.1 Å². The lowest BCUT2D eigenvalue weighted by Gasteiger charge is -2.07. The standard InChI is InChI=1S/C16H19N3OS/c1-11-4-2-3-5-14(11)21-10-15-18-13(8-16(20)19-15)9-17-12-6-7-12/h2-5,8,12,17H,6-7,9-10H2,1H3,(H,18,19,20). The van der Waals surface area contributed by atoms with Crippen molar-refractivity contribution in [1.29, 1.82) is 0 Å². The second-order valence-electron chi connectivity index (χ2n) is 5.39. The van der Waals surface area contributed by atoms with Crippen LogP contribution >= 0.6 is 11.8 Å². The predicted molar refractivity (Wildman–Crippen MR) is 85.5 cm³/mol. The second-order valence-corrected chi connectivity index (χ2v) is 6.41. The summed E-state index contributed by atoms with van der Waals surface area (Å²) >= 11 is 1.70. The average Bonchev–Trinajstić information content (AvgIpc) is 3.28. The fourth-order valence-corrected chi connectivity index (χ4v) is 3.02. The fourth-order valence-electron chi connectivity index (χ4n) is 2.12. The minimum Gasteiger partial charge on any atom is -0.310 e. The number of benzene rings is 1. The molecule has 1 aromatic heterocycles. The van der Waals surface area contributed by atoms with Crippen LogP contribution in [-0.2, 0) is 12.3 Å². The molecule has 0 aliphatic heterocycles. The Bertz CT molecular complexity index is 679. The van der Waals surface area contributed by atoms with Gasteiger partial charge in [0.25, 0.3) is 5.56 Å². The van der Waals surface area contributed by atoms with Crippen LogP contribution in [0, 0.1) is 6.92 Å². The van der Waals surface area contributed by atoms with Crippen molar-refractivity contribution in [3.8, 4) is 0 Å². The largest absolute Gasteiger partial charge is 0.310 e. The highest BCUT2D eigenvalue weighted by Crippen LogP contribution is 2.24. The lowest BCUT2D eigenvalue weighted by Crippen LogP contribution is -2.20. The molecule has 0 saturated heterocycles. The lowest BCUT2D eigenvalue weighted by atomic mass is 10.2. The minimum atomic E-state index is -0.0713. The van der Waals surface area contributed by atoms with Gasteiger partial charge in [-0.3, -0.25) is 4.79 Å². The first-order valence-corrected chi connectivity index (χ1v) is 8.20. The third-order valence-corrected chi connectivity index (χ3v) is 4.64. The van der Waals surface area contributed by atoms with Gasteiger partial charge in [-0.15, -0.1) is 11.8 Å². The molecule has 3 rings (SSSR count). The van der Waals surface area contributed by atoms with Gasteiger partial charge < -0.3 is 10.3 Å². The monoisotopic (exact) mass is 301 g/mol. The quantitative estimate of drug-likeness (QED) is 0.805. The third kappa shape index (κ3) is 4.19. The van der Waals surface area contributed by atoms with E-state index in [1.54, 1.807) is 17.8 Å². The van der Waals surface area contributed by atoms with E-state index in [-0.39, 0.29) is 5.56 Å². The summed E-state index contributed by atoms with van der Waals surface area (Å²) in [5.74, 6) is 1.42. The van der Waals surface area contributed by atoms with E-state index in [0.717, 1.165) is 11.5 Å². The van der Waals surface area contributed by atoms with Gasteiger partial charge in [0.15, 0.2) is 0 Å². The van der Waals surface area contributed by atoms with Crippen molar-refractivity contribution in [3.63, 3.8) is 0 Å². The number of hydrogen-bond acceptors (Lipinski definition) is 4. The van der Waals surface area contributed by atoms with E-state index in [9.17, 15) is 4.79 Å². The Kier molecular flexibility index (Phi) is 4.41. The van der Waals surface area contributed by atoms with E-state index in [1.165, 1.54) is 23.3 Å². The molecule has 2 aromatic rings. The number of aryl methyl sites for hydroxylation is 1. The van der Waals surface area contributed by atoms with Gasteiger partial charge in [0.2, 0.25) is 0 Å². The molecule has 0 radical (unpaired) electrons. The fraction of sp³-hybridized carbons (Fsp3) is 0.375. The normalized spacial score (nSPS) is 14.3. The molecule has 0 amide bonds. The summed E-state index contributed by atoms with van der Waals surface area (Å²) in [5, 5.41) is 3.39. The van der Waals surface area contributed by atoms with Crippen molar-refractivity contribution < 1.29 is 0 Å². The number of H-pyrrole nitrogens is 1. The van der Waals surface area contributed by atoms with Gasteiger partial charge >= 0.3 is 0 Å². The average molecular weight is 301 g/mol. The van der Waals surface area contributed by atoms with E-state index in [0.29, 0.717) is 18.3 Å². The molecule has 4 nitrogen and oxygen atoms in total. The van der Waals surface area contributed by atoms with Crippen LogP contribution in [0.15, 0.2) is 40.0 Å². The van der Waals surface area contributed by atoms with Crippen molar-refractivity contribution in [2.24, 2.45) is 0 Å². The molecule has 2 N–H and O–H groups in total. The molecular weight excluding hydrogens is 282 g/mol. The Balaban J connectivity index is 1.66. The molecule has 1 aromatic carbocycles. The lowest BCUT2D eigenvalue weighted by molar-refractivity contribution is 0.668. The van der Waals surface area contributed by atoms with Gasteiger partial charge in [-0.25, -0.2) is 4.98 Å². The van der Waals surface area contributed by atoms with Gasteiger partial charge in [-0.2, -0.15) is 0 Å². The van der Waals surface area contributed by atoms with Crippen molar-refractivity contribution in [2.75, 3.05) is 0 Å². The van der Waals surface area contributed by atoms with E-state index in [4.69, 9.17) is 0 Å².